The minimum absolute atomic E-state index is 0.251. The fourth-order valence-corrected chi connectivity index (χ4v) is 2.52. The van der Waals surface area contributed by atoms with Gasteiger partial charge in [-0.3, -0.25) is 9.59 Å². The summed E-state index contributed by atoms with van der Waals surface area (Å²) in [5, 5.41) is 4.66. The summed E-state index contributed by atoms with van der Waals surface area (Å²) in [7, 11) is 0. The van der Waals surface area contributed by atoms with Crippen molar-refractivity contribution >= 4 is 29.1 Å². The lowest BCUT2D eigenvalue weighted by Crippen LogP contribution is -2.30. The van der Waals surface area contributed by atoms with Crippen molar-refractivity contribution in [3.8, 4) is 0 Å². The fraction of sp³-hybridized carbons (Fsp3) is 0.188. The van der Waals surface area contributed by atoms with Gasteiger partial charge in [-0.2, -0.15) is 0 Å². The fourth-order valence-electron chi connectivity index (χ4n) is 1.82. The van der Waals surface area contributed by atoms with Gasteiger partial charge in [0.2, 0.25) is 5.91 Å². The number of benzene rings is 1. The Hall–Kier alpha value is -2.67. The number of amides is 2. The minimum atomic E-state index is -0.630. The van der Waals surface area contributed by atoms with Crippen LogP contribution in [0.25, 0.3) is 0 Å². The van der Waals surface area contributed by atoms with Crippen LogP contribution in [0.5, 0.6) is 0 Å². The zero-order valence-electron chi connectivity index (χ0n) is 12.3. The number of carbonyl (C=O) groups excluding carboxylic acids is 3. The number of nitrogens with two attached hydrogens (primary N) is 1. The second-order valence-electron chi connectivity index (χ2n) is 4.70. The first-order chi connectivity index (χ1) is 11.1. The first kappa shape index (κ1) is 16.7. The van der Waals surface area contributed by atoms with Crippen molar-refractivity contribution in [1.29, 1.82) is 0 Å². The van der Waals surface area contributed by atoms with Crippen LogP contribution in [-0.2, 0) is 16.0 Å². The van der Waals surface area contributed by atoms with E-state index in [1.54, 1.807) is 11.3 Å². The van der Waals surface area contributed by atoms with Gasteiger partial charge in [-0.25, -0.2) is 4.79 Å². The molecule has 0 saturated heterocycles. The molecular weight excluding hydrogens is 316 g/mol. The standard InChI is InChI=1S/C16H16N2O4S/c17-15(20)11-3-5-12(6-4-11)16(21)22-10-14(19)18-8-7-13-2-1-9-23-13/h1-6,9H,7-8,10H2,(H2,17,20)(H,18,19). The maximum absolute atomic E-state index is 11.8. The highest BCUT2D eigenvalue weighted by atomic mass is 32.1. The second-order valence-corrected chi connectivity index (χ2v) is 5.73. The van der Waals surface area contributed by atoms with Gasteiger partial charge in [0.25, 0.3) is 5.91 Å². The van der Waals surface area contributed by atoms with Crippen LogP contribution in [-0.4, -0.2) is 30.9 Å². The molecule has 0 unspecified atom stereocenters. The van der Waals surface area contributed by atoms with E-state index in [-0.39, 0.29) is 18.1 Å². The molecular formula is C16H16N2O4S. The summed E-state index contributed by atoms with van der Waals surface area (Å²) < 4.78 is 4.91. The first-order valence-corrected chi connectivity index (χ1v) is 7.80. The molecule has 0 saturated carbocycles. The minimum Gasteiger partial charge on any atom is -0.452 e. The molecule has 1 heterocycles. The summed E-state index contributed by atoms with van der Waals surface area (Å²) in [6.45, 7) is 0.144. The van der Waals surface area contributed by atoms with Crippen molar-refractivity contribution in [2.45, 2.75) is 6.42 Å². The summed E-state index contributed by atoms with van der Waals surface area (Å²) in [6.07, 6.45) is 0.742. The topological polar surface area (TPSA) is 98.5 Å². The van der Waals surface area contributed by atoms with Crippen LogP contribution in [0.4, 0.5) is 0 Å². The predicted molar refractivity (Wildman–Crippen MR) is 86.3 cm³/mol. The van der Waals surface area contributed by atoms with Crippen molar-refractivity contribution in [1.82, 2.24) is 5.32 Å². The molecule has 23 heavy (non-hydrogen) atoms. The lowest BCUT2D eigenvalue weighted by atomic mass is 10.1. The van der Waals surface area contributed by atoms with E-state index >= 15 is 0 Å². The monoisotopic (exact) mass is 332 g/mol. The molecule has 0 fully saturated rings. The highest BCUT2D eigenvalue weighted by molar-refractivity contribution is 7.09. The maximum Gasteiger partial charge on any atom is 0.338 e. The van der Waals surface area contributed by atoms with Crippen LogP contribution in [0.3, 0.4) is 0 Å². The van der Waals surface area contributed by atoms with Crippen LogP contribution in [0.15, 0.2) is 41.8 Å². The molecule has 1 aromatic carbocycles. The third-order valence-corrected chi connectivity index (χ3v) is 3.95. The Kier molecular flexibility index (Phi) is 5.87. The van der Waals surface area contributed by atoms with Crippen molar-refractivity contribution in [2.24, 2.45) is 5.73 Å². The first-order valence-electron chi connectivity index (χ1n) is 6.92. The number of hydrogen-bond donors (Lipinski definition) is 2. The van der Waals surface area contributed by atoms with E-state index in [4.69, 9.17) is 10.5 Å². The highest BCUT2D eigenvalue weighted by Gasteiger charge is 2.10. The van der Waals surface area contributed by atoms with E-state index < -0.39 is 11.9 Å². The molecule has 0 aliphatic heterocycles. The Morgan fingerprint density at radius 3 is 2.39 bits per heavy atom. The number of rotatable bonds is 7. The molecule has 1 aromatic heterocycles. The highest BCUT2D eigenvalue weighted by Crippen LogP contribution is 2.08. The Balaban J connectivity index is 1.72. The van der Waals surface area contributed by atoms with Gasteiger partial charge in [0.1, 0.15) is 0 Å². The molecule has 2 aromatic rings. The molecule has 0 atom stereocenters. The van der Waals surface area contributed by atoms with Gasteiger partial charge in [0.05, 0.1) is 5.56 Å². The number of esters is 1. The van der Waals surface area contributed by atoms with E-state index in [0.717, 1.165) is 6.42 Å². The summed E-state index contributed by atoms with van der Waals surface area (Å²) in [4.78, 5) is 35.5. The number of carbonyl (C=O) groups is 3. The van der Waals surface area contributed by atoms with Gasteiger partial charge in [-0.1, -0.05) is 6.07 Å². The summed E-state index contributed by atoms with van der Waals surface area (Å²) >= 11 is 1.62. The molecule has 2 amide bonds. The van der Waals surface area contributed by atoms with E-state index in [0.29, 0.717) is 12.1 Å². The van der Waals surface area contributed by atoms with Crippen molar-refractivity contribution in [2.75, 3.05) is 13.2 Å². The average Bonchev–Trinajstić information content (AvgIpc) is 3.06. The van der Waals surface area contributed by atoms with Gasteiger partial charge in [-0.05, 0) is 42.1 Å². The molecule has 120 valence electrons. The van der Waals surface area contributed by atoms with E-state index in [1.807, 2.05) is 17.5 Å². The van der Waals surface area contributed by atoms with Crippen LogP contribution in [0.2, 0.25) is 0 Å². The number of hydrogen-bond acceptors (Lipinski definition) is 5. The molecule has 6 nitrogen and oxygen atoms in total. The zero-order chi connectivity index (χ0) is 16.7. The Bertz CT molecular complexity index is 681. The van der Waals surface area contributed by atoms with Crippen LogP contribution >= 0.6 is 11.3 Å². The van der Waals surface area contributed by atoms with Gasteiger partial charge in [0.15, 0.2) is 6.61 Å². The number of nitrogens with one attached hydrogen (secondary N) is 1. The molecule has 0 aliphatic carbocycles. The molecule has 3 N–H and O–H groups in total. The second kappa shape index (κ2) is 8.09. The summed E-state index contributed by atoms with van der Waals surface area (Å²) in [5.74, 6) is -1.56. The summed E-state index contributed by atoms with van der Waals surface area (Å²) in [5.41, 5.74) is 5.66. The molecule has 2 rings (SSSR count). The third kappa shape index (κ3) is 5.23. The lowest BCUT2D eigenvalue weighted by Gasteiger charge is -2.06. The van der Waals surface area contributed by atoms with Crippen LogP contribution in [0.1, 0.15) is 25.6 Å². The van der Waals surface area contributed by atoms with Crippen LogP contribution < -0.4 is 11.1 Å². The number of thiophene rings is 1. The van der Waals surface area contributed by atoms with E-state index in [2.05, 4.69) is 5.32 Å². The molecule has 0 bridgehead atoms. The van der Waals surface area contributed by atoms with E-state index in [9.17, 15) is 14.4 Å². The quantitative estimate of drug-likeness (QED) is 0.748. The average molecular weight is 332 g/mol. The van der Waals surface area contributed by atoms with Gasteiger partial charge < -0.3 is 15.8 Å². The maximum atomic E-state index is 11.8. The van der Waals surface area contributed by atoms with Gasteiger partial charge in [-0.15, -0.1) is 11.3 Å². The third-order valence-electron chi connectivity index (χ3n) is 3.01. The van der Waals surface area contributed by atoms with Gasteiger partial charge >= 0.3 is 5.97 Å². The number of ether oxygens (including phenoxy) is 1. The van der Waals surface area contributed by atoms with Crippen LogP contribution in [0, 0.1) is 0 Å². The largest absolute Gasteiger partial charge is 0.452 e. The van der Waals surface area contributed by atoms with Crippen molar-refractivity contribution < 1.29 is 19.1 Å². The zero-order valence-corrected chi connectivity index (χ0v) is 13.1. The van der Waals surface area contributed by atoms with Crippen molar-refractivity contribution in [3.05, 3.63) is 57.8 Å². The van der Waals surface area contributed by atoms with Gasteiger partial charge in [0, 0.05) is 17.0 Å². The molecule has 0 aliphatic rings. The van der Waals surface area contributed by atoms with E-state index in [1.165, 1.54) is 29.1 Å². The Morgan fingerprint density at radius 2 is 1.78 bits per heavy atom. The van der Waals surface area contributed by atoms with Crippen molar-refractivity contribution in [3.63, 3.8) is 0 Å². The predicted octanol–water partition coefficient (Wildman–Crippen LogP) is 1.36. The Morgan fingerprint density at radius 1 is 1.09 bits per heavy atom. The normalized spacial score (nSPS) is 10.1. The molecule has 7 heteroatoms. The summed E-state index contributed by atoms with van der Waals surface area (Å²) in [6, 6.07) is 9.66. The Labute approximate surface area is 137 Å². The molecule has 0 spiro atoms. The lowest BCUT2D eigenvalue weighted by molar-refractivity contribution is -0.124. The number of primary amides is 1. The SMILES string of the molecule is NC(=O)c1ccc(C(=O)OCC(=O)NCCc2cccs2)cc1. The molecule has 0 radical (unpaired) electrons. The smallest absolute Gasteiger partial charge is 0.338 e.